The Hall–Kier alpha value is -2.69. The SMILES string of the molecule is CC(C)N1CCN([C@@H](C)c2ccc(-c3cn(C4CCC(O)CC4)c4nc(NCCC(F)(F)F)ncc34)cc2)CC1. The van der Waals surface area contributed by atoms with Crippen LogP contribution in [0.25, 0.3) is 22.2 Å². The van der Waals surface area contributed by atoms with E-state index in [1.165, 1.54) is 5.56 Å². The summed E-state index contributed by atoms with van der Waals surface area (Å²) in [5, 5.41) is 13.6. The molecule has 2 aliphatic rings. The fourth-order valence-corrected chi connectivity index (χ4v) is 6.07. The predicted molar refractivity (Wildman–Crippen MR) is 152 cm³/mol. The Bertz CT molecular complexity index is 1260. The Labute approximate surface area is 234 Å². The van der Waals surface area contributed by atoms with Crippen molar-refractivity contribution in [2.75, 3.05) is 38.0 Å². The van der Waals surface area contributed by atoms with Crippen molar-refractivity contribution in [3.05, 3.63) is 42.2 Å². The highest BCUT2D eigenvalue weighted by molar-refractivity contribution is 5.94. The van der Waals surface area contributed by atoms with Gasteiger partial charge in [-0.3, -0.25) is 9.80 Å². The zero-order valence-corrected chi connectivity index (χ0v) is 23.7. The summed E-state index contributed by atoms with van der Waals surface area (Å²) in [7, 11) is 0. The molecule has 1 atom stereocenters. The molecule has 1 saturated heterocycles. The van der Waals surface area contributed by atoms with Crippen molar-refractivity contribution in [2.45, 2.75) is 83.3 Å². The number of hydrogen-bond donors (Lipinski definition) is 2. The molecule has 40 heavy (non-hydrogen) atoms. The van der Waals surface area contributed by atoms with Crippen molar-refractivity contribution in [3.8, 4) is 11.1 Å². The van der Waals surface area contributed by atoms with E-state index in [1.54, 1.807) is 6.20 Å². The van der Waals surface area contributed by atoms with Crippen LogP contribution < -0.4 is 5.32 Å². The summed E-state index contributed by atoms with van der Waals surface area (Å²) in [4.78, 5) is 14.1. The number of rotatable bonds is 8. The Morgan fingerprint density at radius 2 is 1.62 bits per heavy atom. The number of anilines is 1. The minimum absolute atomic E-state index is 0.168. The monoisotopic (exact) mass is 558 g/mol. The van der Waals surface area contributed by atoms with Crippen LogP contribution in [0.5, 0.6) is 0 Å². The second-order valence-corrected chi connectivity index (χ2v) is 11.6. The standard InChI is InChI=1S/C30H41F3N6O/c1-20(2)37-14-16-38(17-15-37)21(3)22-4-6-23(7-5-22)27-19-39(24-8-10-25(40)11-9-24)28-26(27)18-35-29(36-28)34-13-12-30(31,32)33/h4-7,18-21,24-25,40H,8-17H2,1-3H3,(H,34,35,36)/t21-,24?,25?/m0/s1. The van der Waals surface area contributed by atoms with E-state index in [0.717, 1.165) is 68.4 Å². The minimum Gasteiger partial charge on any atom is -0.393 e. The largest absolute Gasteiger partial charge is 0.393 e. The average molecular weight is 559 g/mol. The molecule has 2 fully saturated rings. The quantitative estimate of drug-likeness (QED) is 0.352. The highest BCUT2D eigenvalue weighted by Gasteiger charge is 2.28. The molecule has 2 aromatic heterocycles. The smallest absolute Gasteiger partial charge is 0.390 e. The summed E-state index contributed by atoms with van der Waals surface area (Å²) in [5.74, 6) is 0.195. The van der Waals surface area contributed by atoms with Gasteiger partial charge >= 0.3 is 6.18 Å². The Kier molecular flexibility index (Phi) is 8.68. The van der Waals surface area contributed by atoms with E-state index >= 15 is 0 Å². The molecule has 3 aromatic rings. The molecule has 218 valence electrons. The van der Waals surface area contributed by atoms with Crippen LogP contribution in [0.15, 0.2) is 36.7 Å². The first kappa shape index (κ1) is 28.8. The third kappa shape index (κ3) is 6.61. The van der Waals surface area contributed by atoms with Crippen LogP contribution in [-0.4, -0.2) is 80.5 Å². The van der Waals surface area contributed by atoms with Crippen molar-refractivity contribution in [3.63, 3.8) is 0 Å². The second kappa shape index (κ2) is 12.0. The van der Waals surface area contributed by atoms with Crippen molar-refractivity contribution in [2.24, 2.45) is 0 Å². The van der Waals surface area contributed by atoms with Crippen molar-refractivity contribution in [1.29, 1.82) is 0 Å². The van der Waals surface area contributed by atoms with Crippen molar-refractivity contribution >= 4 is 17.0 Å². The zero-order chi connectivity index (χ0) is 28.4. The Balaban J connectivity index is 1.39. The van der Waals surface area contributed by atoms with Gasteiger partial charge in [-0.05, 0) is 57.6 Å². The van der Waals surface area contributed by atoms with Crippen LogP contribution in [-0.2, 0) is 0 Å². The lowest BCUT2D eigenvalue weighted by Crippen LogP contribution is -2.49. The fourth-order valence-electron chi connectivity index (χ4n) is 6.07. The molecule has 1 saturated carbocycles. The van der Waals surface area contributed by atoms with Gasteiger partial charge in [0.05, 0.1) is 12.5 Å². The van der Waals surface area contributed by atoms with Gasteiger partial charge in [-0.15, -0.1) is 0 Å². The maximum absolute atomic E-state index is 12.7. The van der Waals surface area contributed by atoms with E-state index in [0.29, 0.717) is 17.7 Å². The van der Waals surface area contributed by atoms with Crippen LogP contribution in [0.3, 0.4) is 0 Å². The lowest BCUT2D eigenvalue weighted by molar-refractivity contribution is -0.131. The maximum atomic E-state index is 12.7. The molecule has 2 N–H and O–H groups in total. The highest BCUT2D eigenvalue weighted by Crippen LogP contribution is 2.37. The fraction of sp³-hybridized carbons (Fsp3) is 0.600. The van der Waals surface area contributed by atoms with Gasteiger partial charge in [-0.25, -0.2) is 4.98 Å². The summed E-state index contributed by atoms with van der Waals surface area (Å²) in [5.41, 5.74) is 4.05. The molecular weight excluding hydrogens is 517 g/mol. The number of aliphatic hydroxyl groups excluding tert-OH is 1. The van der Waals surface area contributed by atoms with Gasteiger partial charge in [0.15, 0.2) is 0 Å². The molecule has 5 rings (SSSR count). The maximum Gasteiger partial charge on any atom is 0.390 e. The first-order chi connectivity index (χ1) is 19.1. The summed E-state index contributed by atoms with van der Waals surface area (Å²) >= 11 is 0. The number of fused-ring (bicyclic) bond motifs is 1. The van der Waals surface area contributed by atoms with Gasteiger partial charge in [-0.1, -0.05) is 24.3 Å². The Morgan fingerprint density at radius 3 is 2.25 bits per heavy atom. The number of alkyl halides is 3. The number of halogens is 3. The van der Waals surface area contributed by atoms with E-state index < -0.39 is 12.6 Å². The number of piperazine rings is 1. The minimum atomic E-state index is -4.24. The van der Waals surface area contributed by atoms with Gasteiger partial charge in [0.1, 0.15) is 5.65 Å². The summed E-state index contributed by atoms with van der Waals surface area (Å²) in [6, 6.07) is 9.76. The van der Waals surface area contributed by atoms with Crippen LogP contribution in [0.1, 0.15) is 70.5 Å². The molecule has 1 aliphatic carbocycles. The summed E-state index contributed by atoms with van der Waals surface area (Å²) in [6.45, 7) is 10.8. The summed E-state index contributed by atoms with van der Waals surface area (Å²) in [6.07, 6.45) is 1.45. The van der Waals surface area contributed by atoms with Gasteiger partial charge < -0.3 is 15.0 Å². The number of nitrogens with one attached hydrogen (secondary N) is 1. The van der Waals surface area contributed by atoms with Gasteiger partial charge in [-0.2, -0.15) is 18.2 Å². The lowest BCUT2D eigenvalue weighted by Gasteiger charge is -2.40. The Morgan fingerprint density at radius 1 is 0.975 bits per heavy atom. The number of aromatic nitrogens is 3. The first-order valence-electron chi connectivity index (χ1n) is 14.5. The topological polar surface area (TPSA) is 69.5 Å². The predicted octanol–water partition coefficient (Wildman–Crippen LogP) is 6.03. The first-order valence-corrected chi connectivity index (χ1v) is 14.5. The average Bonchev–Trinajstić information content (AvgIpc) is 3.31. The molecule has 0 spiro atoms. The van der Waals surface area contributed by atoms with Crippen LogP contribution >= 0.6 is 0 Å². The third-order valence-corrected chi connectivity index (χ3v) is 8.65. The molecular formula is C30H41F3N6O. The number of hydrogen-bond acceptors (Lipinski definition) is 6. The van der Waals surface area contributed by atoms with E-state index in [1.807, 2.05) is 0 Å². The van der Waals surface area contributed by atoms with E-state index in [4.69, 9.17) is 0 Å². The number of nitrogens with zero attached hydrogens (tertiary/aromatic N) is 5. The molecule has 0 amide bonds. The molecule has 0 bridgehead atoms. The molecule has 3 heterocycles. The van der Waals surface area contributed by atoms with Crippen LogP contribution in [0, 0.1) is 0 Å². The van der Waals surface area contributed by atoms with Crippen LogP contribution in [0.2, 0.25) is 0 Å². The normalized spacial score (nSPS) is 22.2. The number of aliphatic hydroxyl groups is 1. The molecule has 1 aromatic carbocycles. The van der Waals surface area contributed by atoms with Crippen LogP contribution in [0.4, 0.5) is 19.1 Å². The van der Waals surface area contributed by atoms with Gasteiger partial charge in [0.2, 0.25) is 5.95 Å². The molecule has 0 radical (unpaired) electrons. The van der Waals surface area contributed by atoms with Gasteiger partial charge in [0.25, 0.3) is 0 Å². The third-order valence-electron chi connectivity index (χ3n) is 8.65. The van der Waals surface area contributed by atoms with E-state index in [9.17, 15) is 18.3 Å². The molecule has 7 nitrogen and oxygen atoms in total. The highest BCUT2D eigenvalue weighted by atomic mass is 19.4. The summed E-state index contributed by atoms with van der Waals surface area (Å²) < 4.78 is 40.1. The van der Waals surface area contributed by atoms with Crippen molar-refractivity contribution in [1.82, 2.24) is 24.3 Å². The van der Waals surface area contributed by atoms with Gasteiger partial charge in [0, 0.05) is 74.2 Å². The lowest BCUT2D eigenvalue weighted by atomic mass is 9.93. The van der Waals surface area contributed by atoms with E-state index in [-0.39, 0.29) is 24.6 Å². The zero-order valence-electron chi connectivity index (χ0n) is 23.7. The molecule has 0 unspecified atom stereocenters. The van der Waals surface area contributed by atoms with E-state index in [2.05, 4.69) is 80.9 Å². The second-order valence-electron chi connectivity index (χ2n) is 11.6. The number of benzene rings is 1. The molecule has 10 heteroatoms. The van der Waals surface area contributed by atoms with Crippen molar-refractivity contribution < 1.29 is 18.3 Å². The molecule has 1 aliphatic heterocycles.